The highest BCUT2D eigenvalue weighted by atomic mass is 79.9. The van der Waals surface area contributed by atoms with Crippen molar-refractivity contribution < 1.29 is 9.84 Å². The molecule has 0 aliphatic rings. The number of aromatic nitrogens is 2. The third kappa shape index (κ3) is 3.58. The monoisotopic (exact) mass is 324 g/mol. The highest BCUT2D eigenvalue weighted by molar-refractivity contribution is 9.10. The van der Waals surface area contributed by atoms with Gasteiger partial charge in [-0.05, 0) is 25.1 Å². The quantitative estimate of drug-likeness (QED) is 0.919. The maximum Gasteiger partial charge on any atom is 0.125 e. The summed E-state index contributed by atoms with van der Waals surface area (Å²) in [6.07, 6.45) is 3.87. The van der Waals surface area contributed by atoms with E-state index >= 15 is 0 Å². The first-order valence-corrected chi connectivity index (χ1v) is 6.93. The van der Waals surface area contributed by atoms with Gasteiger partial charge in [0.2, 0.25) is 0 Å². The molecule has 1 N–H and O–H groups in total. The van der Waals surface area contributed by atoms with Crippen LogP contribution in [0, 0.1) is 0 Å². The van der Waals surface area contributed by atoms with Gasteiger partial charge in [-0.2, -0.15) is 0 Å². The molecule has 1 heterocycles. The molecule has 0 amide bonds. The maximum absolute atomic E-state index is 9.74. The molecule has 0 bridgehead atoms. The summed E-state index contributed by atoms with van der Waals surface area (Å²) in [7, 11) is 1.96. The summed E-state index contributed by atoms with van der Waals surface area (Å²) in [6, 6.07) is 5.65. The number of benzene rings is 1. The normalized spacial score (nSPS) is 12.4. The van der Waals surface area contributed by atoms with Crippen LogP contribution in [0.1, 0.15) is 24.4 Å². The fourth-order valence-electron chi connectivity index (χ4n) is 1.87. The van der Waals surface area contributed by atoms with Gasteiger partial charge in [-0.3, -0.25) is 0 Å². The van der Waals surface area contributed by atoms with E-state index in [0.717, 1.165) is 22.3 Å². The summed E-state index contributed by atoms with van der Waals surface area (Å²) < 4.78 is 8.65. The van der Waals surface area contributed by atoms with Gasteiger partial charge in [0.05, 0.1) is 12.7 Å². The number of rotatable bonds is 5. The van der Waals surface area contributed by atoms with Crippen molar-refractivity contribution in [3.8, 4) is 5.75 Å². The minimum absolute atomic E-state index is 0.534. The lowest BCUT2D eigenvalue weighted by Gasteiger charge is -2.13. The summed E-state index contributed by atoms with van der Waals surface area (Å²) in [6.45, 7) is 2.26. The van der Waals surface area contributed by atoms with Crippen LogP contribution in [0.2, 0.25) is 0 Å². The van der Waals surface area contributed by atoms with Crippen LogP contribution in [0.3, 0.4) is 0 Å². The Morgan fingerprint density at radius 3 is 2.89 bits per heavy atom. The second-order valence-electron chi connectivity index (χ2n) is 4.41. The molecule has 0 saturated heterocycles. The van der Waals surface area contributed by atoms with Crippen molar-refractivity contribution in [1.29, 1.82) is 0 Å². The number of ether oxygens (including phenoxy) is 1. The molecule has 0 saturated carbocycles. The van der Waals surface area contributed by atoms with Crippen molar-refractivity contribution in [3.05, 3.63) is 46.5 Å². The smallest absolute Gasteiger partial charge is 0.125 e. The van der Waals surface area contributed by atoms with E-state index in [1.165, 1.54) is 0 Å². The van der Waals surface area contributed by atoms with Crippen LogP contribution in [-0.2, 0) is 13.5 Å². The SMILES string of the molecule is C[C@H](O)c1cc(Br)ccc1OCCc1nccn1C. The minimum Gasteiger partial charge on any atom is -0.493 e. The molecule has 2 rings (SSSR count). The molecule has 5 heteroatoms. The third-order valence-electron chi connectivity index (χ3n) is 2.93. The standard InChI is InChI=1S/C14H17BrN2O2/c1-10(18)12-9-11(15)3-4-13(12)19-8-5-14-16-6-7-17(14)2/h3-4,6-7,9-10,18H,5,8H2,1-2H3/t10-/m0/s1. The van der Waals surface area contributed by atoms with E-state index in [1.54, 1.807) is 13.1 Å². The molecule has 0 unspecified atom stereocenters. The van der Waals surface area contributed by atoms with Gasteiger partial charge >= 0.3 is 0 Å². The lowest BCUT2D eigenvalue weighted by molar-refractivity contribution is 0.191. The molecule has 0 fully saturated rings. The zero-order valence-electron chi connectivity index (χ0n) is 11.0. The molecule has 102 valence electrons. The van der Waals surface area contributed by atoms with E-state index in [4.69, 9.17) is 4.74 Å². The number of imidazole rings is 1. The molecule has 1 atom stereocenters. The first kappa shape index (κ1) is 14.1. The molecule has 0 radical (unpaired) electrons. The molecule has 19 heavy (non-hydrogen) atoms. The summed E-state index contributed by atoms with van der Waals surface area (Å²) in [5.74, 6) is 1.70. The Bertz CT molecular complexity index is 552. The highest BCUT2D eigenvalue weighted by Gasteiger charge is 2.10. The fourth-order valence-corrected chi connectivity index (χ4v) is 2.25. The van der Waals surface area contributed by atoms with Gasteiger partial charge in [0.15, 0.2) is 0 Å². The van der Waals surface area contributed by atoms with Crippen LogP contribution in [0.25, 0.3) is 0 Å². The minimum atomic E-state index is -0.555. The van der Waals surface area contributed by atoms with Crippen LogP contribution in [0.15, 0.2) is 35.1 Å². The molecular weight excluding hydrogens is 308 g/mol. The summed E-state index contributed by atoms with van der Waals surface area (Å²) in [5.41, 5.74) is 0.786. The number of aliphatic hydroxyl groups excluding tert-OH is 1. The lowest BCUT2D eigenvalue weighted by atomic mass is 10.1. The number of aryl methyl sites for hydroxylation is 1. The average molecular weight is 325 g/mol. The Labute approximate surface area is 121 Å². The average Bonchev–Trinajstić information content (AvgIpc) is 2.77. The van der Waals surface area contributed by atoms with Crippen molar-refractivity contribution >= 4 is 15.9 Å². The second-order valence-corrected chi connectivity index (χ2v) is 5.33. The van der Waals surface area contributed by atoms with Gasteiger partial charge in [0.25, 0.3) is 0 Å². The Morgan fingerprint density at radius 2 is 2.26 bits per heavy atom. The molecule has 2 aromatic rings. The van der Waals surface area contributed by atoms with Crippen LogP contribution in [0.4, 0.5) is 0 Å². The van der Waals surface area contributed by atoms with Gasteiger partial charge < -0.3 is 14.4 Å². The largest absolute Gasteiger partial charge is 0.493 e. The number of hydrogen-bond acceptors (Lipinski definition) is 3. The van der Waals surface area contributed by atoms with Crippen LogP contribution in [-0.4, -0.2) is 21.3 Å². The molecule has 4 nitrogen and oxygen atoms in total. The van der Waals surface area contributed by atoms with Crippen molar-refractivity contribution in [1.82, 2.24) is 9.55 Å². The van der Waals surface area contributed by atoms with Gasteiger partial charge in [0, 0.05) is 35.9 Å². The van der Waals surface area contributed by atoms with Gasteiger partial charge in [0.1, 0.15) is 11.6 Å². The number of aliphatic hydroxyl groups is 1. The molecule has 0 aliphatic carbocycles. The Morgan fingerprint density at radius 1 is 1.47 bits per heavy atom. The van der Waals surface area contributed by atoms with Gasteiger partial charge in [-0.1, -0.05) is 15.9 Å². The van der Waals surface area contributed by atoms with Gasteiger partial charge in [-0.25, -0.2) is 4.98 Å². The van der Waals surface area contributed by atoms with Crippen LogP contribution < -0.4 is 4.74 Å². The zero-order valence-corrected chi connectivity index (χ0v) is 12.6. The van der Waals surface area contributed by atoms with Crippen molar-refractivity contribution in [2.45, 2.75) is 19.4 Å². The van der Waals surface area contributed by atoms with Crippen molar-refractivity contribution in [3.63, 3.8) is 0 Å². The van der Waals surface area contributed by atoms with E-state index in [-0.39, 0.29) is 0 Å². The summed E-state index contributed by atoms with van der Waals surface area (Å²) >= 11 is 3.39. The Hall–Kier alpha value is -1.33. The number of hydrogen-bond donors (Lipinski definition) is 1. The van der Waals surface area contributed by atoms with E-state index in [9.17, 15) is 5.11 Å². The predicted octanol–water partition coefficient (Wildman–Crippen LogP) is 2.86. The molecule has 1 aromatic carbocycles. The zero-order chi connectivity index (χ0) is 13.8. The maximum atomic E-state index is 9.74. The van der Waals surface area contributed by atoms with Crippen LogP contribution in [0.5, 0.6) is 5.75 Å². The van der Waals surface area contributed by atoms with Crippen molar-refractivity contribution in [2.24, 2.45) is 7.05 Å². The number of halogens is 1. The number of nitrogens with zero attached hydrogens (tertiary/aromatic N) is 2. The van der Waals surface area contributed by atoms with E-state index < -0.39 is 6.10 Å². The second kappa shape index (κ2) is 6.21. The van der Waals surface area contributed by atoms with Crippen molar-refractivity contribution in [2.75, 3.05) is 6.61 Å². The highest BCUT2D eigenvalue weighted by Crippen LogP contribution is 2.28. The van der Waals surface area contributed by atoms with E-state index in [0.29, 0.717) is 12.4 Å². The Kier molecular flexibility index (Phi) is 4.61. The molecule has 1 aromatic heterocycles. The van der Waals surface area contributed by atoms with E-state index in [1.807, 2.05) is 36.0 Å². The summed E-state index contributed by atoms with van der Waals surface area (Å²) in [4.78, 5) is 4.24. The van der Waals surface area contributed by atoms with Crippen LogP contribution >= 0.6 is 15.9 Å². The topological polar surface area (TPSA) is 47.3 Å². The molecular formula is C14H17BrN2O2. The molecule has 0 spiro atoms. The first-order chi connectivity index (χ1) is 9.08. The molecule has 0 aliphatic heterocycles. The van der Waals surface area contributed by atoms with E-state index in [2.05, 4.69) is 20.9 Å². The Balaban J connectivity index is 2.01. The fraction of sp³-hybridized carbons (Fsp3) is 0.357. The summed E-state index contributed by atoms with van der Waals surface area (Å²) in [5, 5.41) is 9.74. The first-order valence-electron chi connectivity index (χ1n) is 6.14. The predicted molar refractivity (Wildman–Crippen MR) is 77.2 cm³/mol. The lowest BCUT2D eigenvalue weighted by Crippen LogP contribution is -2.08. The van der Waals surface area contributed by atoms with Gasteiger partial charge in [-0.15, -0.1) is 0 Å². The third-order valence-corrected chi connectivity index (χ3v) is 3.42.